The molecule has 0 radical (unpaired) electrons. The predicted octanol–water partition coefficient (Wildman–Crippen LogP) is 2.95. The SMILES string of the molecule is Nc1ncnc2c1ncn2[C@@H]1O[C@H](CO[P@@](=O)(S)O[C@H]2[C@@H](F)[C@H](n3cnc4c(N)ncnc43)O[C@@H]2COP=O)C[C@H]1CCS. The highest BCUT2D eigenvalue weighted by Gasteiger charge is 2.50. The summed E-state index contributed by atoms with van der Waals surface area (Å²) in [6.07, 6.45) is -0.252. The van der Waals surface area contributed by atoms with Gasteiger partial charge in [-0.25, -0.2) is 43.4 Å². The van der Waals surface area contributed by atoms with Gasteiger partial charge in [0, 0.05) is 5.92 Å². The van der Waals surface area contributed by atoms with E-state index >= 15 is 4.39 Å². The lowest BCUT2D eigenvalue weighted by atomic mass is 10.0. The Kier molecular flexibility index (Phi) is 9.33. The van der Waals surface area contributed by atoms with Crippen LogP contribution in [0.25, 0.3) is 22.3 Å². The molecule has 17 nitrogen and oxygen atoms in total. The van der Waals surface area contributed by atoms with E-state index in [2.05, 4.69) is 54.8 Å². The third-order valence-corrected chi connectivity index (χ3v) is 9.49. The van der Waals surface area contributed by atoms with E-state index in [-0.39, 0.29) is 41.9 Å². The number of nitrogens with zero attached hydrogens (tertiary/aromatic N) is 8. The lowest BCUT2D eigenvalue weighted by molar-refractivity contribution is -0.0407. The first kappa shape index (κ1) is 31.4. The first-order valence-corrected chi connectivity index (χ1v) is 17.3. The Bertz CT molecular complexity index is 1700. The summed E-state index contributed by atoms with van der Waals surface area (Å²) in [5, 5.41) is 0. The number of nitrogen functional groups attached to an aromatic ring is 2. The van der Waals surface area contributed by atoms with Crippen LogP contribution < -0.4 is 11.5 Å². The number of ether oxygens (including phenoxy) is 2. The van der Waals surface area contributed by atoms with E-state index in [1.165, 1.54) is 23.5 Å². The Hall–Kier alpha value is -2.54. The smallest absolute Gasteiger partial charge is 0.382 e. The molecule has 0 spiro atoms. The van der Waals surface area contributed by atoms with Gasteiger partial charge in [-0.15, -0.1) is 0 Å². The fourth-order valence-electron chi connectivity index (χ4n) is 5.40. The standard InChI is InChI=1S/C22H27FN10O7P2S2/c23-13-16(12(5-36-41-34)39-22(13)33-9-31-15-18(25)27-7-29-20(15)33)40-42(35,44)37-4-11-3-10(1-2-43)21(38-11)32-8-30-14-17(24)26-6-28-19(14)32/h6-13,16,21-22,43H,1-5H2,(H,35,44)(H2,24,26,28)(H2,25,27,29)/t10-,11+,12-,13-,16-,21-,22-,42-/m1/s1. The lowest BCUT2D eigenvalue weighted by Crippen LogP contribution is -2.33. The second-order valence-electron chi connectivity index (χ2n) is 10.0. The Morgan fingerprint density at radius 1 is 1.00 bits per heavy atom. The first-order valence-electron chi connectivity index (χ1n) is 13.2. The number of aromatic nitrogens is 8. The van der Waals surface area contributed by atoms with Crippen molar-refractivity contribution in [1.82, 2.24) is 39.0 Å². The van der Waals surface area contributed by atoms with Gasteiger partial charge < -0.3 is 20.9 Å². The maximum absolute atomic E-state index is 15.9. The Morgan fingerprint density at radius 3 is 2.25 bits per heavy atom. The van der Waals surface area contributed by atoms with Crippen LogP contribution in [-0.2, 0) is 32.2 Å². The predicted molar refractivity (Wildman–Crippen MR) is 160 cm³/mol. The van der Waals surface area contributed by atoms with Gasteiger partial charge in [0.1, 0.15) is 42.1 Å². The minimum Gasteiger partial charge on any atom is -0.382 e. The zero-order valence-corrected chi connectivity index (χ0v) is 26.2. The number of hydrogen-bond donors (Lipinski definition) is 4. The monoisotopic (exact) mass is 688 g/mol. The van der Waals surface area contributed by atoms with Crippen molar-refractivity contribution in [3.8, 4) is 0 Å². The summed E-state index contributed by atoms with van der Waals surface area (Å²) in [6.45, 7) is -4.74. The highest BCUT2D eigenvalue weighted by Crippen LogP contribution is 2.57. The molecule has 8 atom stereocenters. The van der Waals surface area contributed by atoms with E-state index in [4.69, 9.17) is 34.5 Å². The van der Waals surface area contributed by atoms with Crippen LogP contribution in [0.1, 0.15) is 25.3 Å². The highest BCUT2D eigenvalue weighted by atomic mass is 32.7. The van der Waals surface area contributed by atoms with Crippen molar-refractivity contribution < 1.29 is 36.6 Å². The van der Waals surface area contributed by atoms with Crippen molar-refractivity contribution in [2.75, 3.05) is 30.4 Å². The van der Waals surface area contributed by atoms with Crippen molar-refractivity contribution in [1.29, 1.82) is 0 Å². The van der Waals surface area contributed by atoms with Crippen LogP contribution in [0.4, 0.5) is 16.0 Å². The van der Waals surface area contributed by atoms with Crippen LogP contribution in [0.2, 0.25) is 0 Å². The number of halogens is 1. The molecule has 0 saturated carbocycles. The van der Waals surface area contributed by atoms with Crippen molar-refractivity contribution in [3.05, 3.63) is 25.3 Å². The van der Waals surface area contributed by atoms with E-state index in [9.17, 15) is 9.13 Å². The minimum atomic E-state index is -4.20. The average Bonchev–Trinajstić information content (AvgIpc) is 3.77. The summed E-state index contributed by atoms with van der Waals surface area (Å²) in [6, 6.07) is 0. The third kappa shape index (κ3) is 6.15. The number of fused-ring (bicyclic) bond motifs is 2. The Labute approximate surface area is 261 Å². The molecule has 4 aromatic heterocycles. The highest BCUT2D eigenvalue weighted by molar-refractivity contribution is 8.44. The first-order chi connectivity index (χ1) is 21.2. The second kappa shape index (κ2) is 13.1. The van der Waals surface area contributed by atoms with Crippen LogP contribution in [0.5, 0.6) is 0 Å². The summed E-state index contributed by atoms with van der Waals surface area (Å²) in [5.41, 5.74) is 13.2. The zero-order chi connectivity index (χ0) is 31.0. The fourth-order valence-corrected chi connectivity index (χ4v) is 7.44. The number of imidazole rings is 2. The van der Waals surface area contributed by atoms with E-state index in [0.29, 0.717) is 29.8 Å². The van der Waals surface area contributed by atoms with Gasteiger partial charge in [0.25, 0.3) is 0 Å². The molecule has 0 aliphatic carbocycles. The molecule has 22 heteroatoms. The zero-order valence-electron chi connectivity index (χ0n) is 22.6. The van der Waals surface area contributed by atoms with Gasteiger partial charge in [-0.2, -0.15) is 12.6 Å². The lowest BCUT2D eigenvalue weighted by Gasteiger charge is -2.23. The number of alkyl halides is 1. The molecule has 44 heavy (non-hydrogen) atoms. The van der Waals surface area contributed by atoms with E-state index in [1.807, 2.05) is 0 Å². The van der Waals surface area contributed by atoms with Gasteiger partial charge in [0.2, 0.25) is 0 Å². The molecule has 6 heterocycles. The second-order valence-corrected chi connectivity index (χ2v) is 13.8. The third-order valence-electron chi connectivity index (χ3n) is 7.36. The maximum Gasteiger partial charge on any atom is 0.386 e. The van der Waals surface area contributed by atoms with Crippen LogP contribution in [0.3, 0.4) is 0 Å². The van der Waals surface area contributed by atoms with Crippen molar-refractivity contribution in [3.63, 3.8) is 0 Å². The molecule has 4 N–H and O–H groups in total. The molecule has 2 aliphatic heterocycles. The molecular formula is C22H27FN10O7P2S2. The number of hydrogen-bond acceptors (Lipinski definition) is 16. The molecule has 236 valence electrons. The molecule has 0 unspecified atom stereocenters. The van der Waals surface area contributed by atoms with Crippen molar-refractivity contribution in [2.45, 2.75) is 49.8 Å². The van der Waals surface area contributed by atoms with E-state index < -0.39 is 52.4 Å². The maximum atomic E-state index is 15.9. The quantitative estimate of drug-likeness (QED) is 0.124. The number of thiol groups is 2. The molecule has 2 aliphatic rings. The molecule has 0 bridgehead atoms. The minimum absolute atomic E-state index is 0.00948. The van der Waals surface area contributed by atoms with Gasteiger partial charge in [0.05, 0.1) is 32.0 Å². The van der Waals surface area contributed by atoms with E-state index in [1.54, 1.807) is 10.9 Å². The van der Waals surface area contributed by atoms with Crippen molar-refractivity contribution in [2.24, 2.45) is 5.92 Å². The van der Waals surface area contributed by atoms with Gasteiger partial charge in [0.15, 0.2) is 35.3 Å². The molecular weight excluding hydrogens is 661 g/mol. The summed E-state index contributed by atoms with van der Waals surface area (Å²) in [4.78, 5) is 24.7. The van der Waals surface area contributed by atoms with E-state index in [0.717, 1.165) is 0 Å². The molecule has 2 saturated heterocycles. The number of rotatable bonds is 12. The fraction of sp³-hybridized carbons (Fsp3) is 0.545. The van der Waals surface area contributed by atoms with Gasteiger partial charge >= 0.3 is 15.5 Å². The molecule has 0 aromatic carbocycles. The number of nitrogens with two attached hydrogens (primary N) is 2. The number of anilines is 2. The summed E-state index contributed by atoms with van der Waals surface area (Å²) >= 11 is 8.48. The van der Waals surface area contributed by atoms with Gasteiger partial charge in [-0.3, -0.25) is 22.7 Å². The molecule has 0 amide bonds. The van der Waals surface area contributed by atoms with Gasteiger partial charge in [-0.1, -0.05) is 12.2 Å². The van der Waals surface area contributed by atoms with Crippen LogP contribution >= 0.6 is 40.4 Å². The Morgan fingerprint density at radius 2 is 1.64 bits per heavy atom. The normalized spacial score (nSPS) is 28.8. The van der Waals surface area contributed by atoms with Crippen LogP contribution in [-0.4, -0.2) is 82.5 Å². The molecule has 6 rings (SSSR count). The van der Waals surface area contributed by atoms with Crippen LogP contribution in [0, 0.1) is 5.92 Å². The van der Waals surface area contributed by atoms with Crippen molar-refractivity contribution >= 4 is 74.3 Å². The molecule has 2 fully saturated rings. The summed E-state index contributed by atoms with van der Waals surface area (Å²) in [7, 11) is -0.663. The molecule has 4 aromatic rings. The summed E-state index contributed by atoms with van der Waals surface area (Å²) < 4.78 is 71.6. The summed E-state index contributed by atoms with van der Waals surface area (Å²) in [5.74, 6) is 0.921. The average molecular weight is 689 g/mol. The Balaban J connectivity index is 1.15. The van der Waals surface area contributed by atoms with Gasteiger partial charge in [-0.05, 0) is 18.6 Å². The van der Waals surface area contributed by atoms with Crippen LogP contribution in [0.15, 0.2) is 25.3 Å². The largest absolute Gasteiger partial charge is 0.386 e. The topological polar surface area (TPSA) is 220 Å².